The van der Waals surface area contributed by atoms with E-state index in [1.165, 1.54) is 11.8 Å². The molecule has 2 aromatic carbocycles. The third-order valence-electron chi connectivity index (χ3n) is 5.00. The number of carbonyl (C=O) groups is 1. The number of carbonyl (C=O) groups excluding carboxylic acids is 1. The van der Waals surface area contributed by atoms with Crippen LogP contribution in [0.2, 0.25) is 10.0 Å². The topological polar surface area (TPSA) is 58.7 Å². The Morgan fingerprint density at radius 3 is 2.62 bits per heavy atom. The van der Waals surface area contributed by atoms with Crippen LogP contribution in [0.3, 0.4) is 0 Å². The van der Waals surface area contributed by atoms with Gasteiger partial charge in [-0.3, -0.25) is 9.69 Å². The number of aromatic nitrogens is 1. The smallest absolute Gasteiger partial charge is 0.271 e. The summed E-state index contributed by atoms with van der Waals surface area (Å²) in [7, 11) is 0. The molecule has 3 heterocycles. The maximum atomic E-state index is 13.4. The molecular formula is C26H17Cl2N3O2S. The van der Waals surface area contributed by atoms with Crippen molar-refractivity contribution in [2.45, 2.75) is 6.92 Å². The number of nitrogens with zero attached hydrogens (tertiary/aromatic N) is 3. The van der Waals surface area contributed by atoms with Gasteiger partial charge in [-0.15, -0.1) is 0 Å². The Morgan fingerprint density at radius 2 is 1.82 bits per heavy atom. The Balaban J connectivity index is 1.52. The number of furan rings is 1. The number of thioether (sulfide) groups is 1. The normalized spacial score (nSPS) is 16.1. The molecule has 0 N–H and O–H groups in total. The van der Waals surface area contributed by atoms with E-state index in [1.54, 1.807) is 41.3 Å². The molecule has 0 atom stereocenters. The minimum atomic E-state index is -0.193. The Bertz CT molecular complexity index is 1450. The molecule has 1 fully saturated rings. The number of aliphatic imine (C=N–C) groups is 1. The molecule has 4 aromatic rings. The molecule has 1 aliphatic rings. The summed E-state index contributed by atoms with van der Waals surface area (Å²) in [5.41, 5.74) is 2.25. The van der Waals surface area contributed by atoms with Gasteiger partial charge in [0.05, 0.1) is 15.6 Å². The maximum absolute atomic E-state index is 13.4. The van der Waals surface area contributed by atoms with Gasteiger partial charge in [-0.2, -0.15) is 0 Å². The SMILES string of the molecule is Cc1cccc(/N=C2/S/C(=C/c3ccc(-c4cc(Cl)ccc4Cl)o3)C(=O)N2c2ccccc2)n1. The number of benzene rings is 2. The molecule has 34 heavy (non-hydrogen) atoms. The first-order valence-corrected chi connectivity index (χ1v) is 11.9. The minimum Gasteiger partial charge on any atom is -0.457 e. The van der Waals surface area contributed by atoms with Crippen LogP contribution in [0.4, 0.5) is 11.5 Å². The van der Waals surface area contributed by atoms with Crippen LogP contribution in [0.5, 0.6) is 0 Å². The number of anilines is 1. The fourth-order valence-corrected chi connectivity index (χ4v) is 4.79. The Labute approximate surface area is 210 Å². The van der Waals surface area contributed by atoms with Crippen LogP contribution in [-0.2, 0) is 4.79 Å². The van der Waals surface area contributed by atoms with Crippen molar-refractivity contribution in [3.63, 3.8) is 0 Å². The number of hydrogen-bond acceptors (Lipinski definition) is 5. The highest BCUT2D eigenvalue weighted by atomic mass is 35.5. The highest BCUT2D eigenvalue weighted by Crippen LogP contribution is 2.38. The average molecular weight is 506 g/mol. The van der Waals surface area contributed by atoms with Gasteiger partial charge < -0.3 is 4.42 Å². The van der Waals surface area contributed by atoms with Crippen LogP contribution < -0.4 is 4.90 Å². The van der Waals surface area contributed by atoms with Crippen molar-refractivity contribution in [2.75, 3.05) is 4.90 Å². The Morgan fingerprint density at radius 1 is 1.00 bits per heavy atom. The van der Waals surface area contributed by atoms with Gasteiger partial charge in [0.1, 0.15) is 11.5 Å². The molecular weight excluding hydrogens is 489 g/mol. The first-order chi connectivity index (χ1) is 16.5. The van der Waals surface area contributed by atoms with Crippen molar-refractivity contribution >= 4 is 63.6 Å². The van der Waals surface area contributed by atoms with Gasteiger partial charge in [0.15, 0.2) is 11.0 Å². The molecule has 8 heteroatoms. The van der Waals surface area contributed by atoms with Gasteiger partial charge in [-0.25, -0.2) is 9.98 Å². The van der Waals surface area contributed by atoms with E-state index in [0.717, 1.165) is 11.4 Å². The van der Waals surface area contributed by atoms with E-state index < -0.39 is 0 Å². The number of amides is 1. The third kappa shape index (κ3) is 4.66. The zero-order valence-corrected chi connectivity index (χ0v) is 20.2. The number of para-hydroxylation sites is 1. The number of rotatable bonds is 4. The zero-order chi connectivity index (χ0) is 23.7. The number of halogens is 2. The molecule has 0 aliphatic carbocycles. The van der Waals surface area contributed by atoms with Crippen LogP contribution in [-0.4, -0.2) is 16.1 Å². The van der Waals surface area contributed by atoms with Crippen LogP contribution in [0.1, 0.15) is 11.5 Å². The molecule has 1 amide bonds. The number of hydrogen-bond donors (Lipinski definition) is 0. The first kappa shape index (κ1) is 22.5. The van der Waals surface area contributed by atoms with Gasteiger partial charge >= 0.3 is 0 Å². The average Bonchev–Trinajstić information content (AvgIpc) is 3.41. The van der Waals surface area contributed by atoms with E-state index in [-0.39, 0.29) is 5.91 Å². The largest absolute Gasteiger partial charge is 0.457 e. The predicted octanol–water partition coefficient (Wildman–Crippen LogP) is 7.77. The lowest BCUT2D eigenvalue weighted by atomic mass is 10.2. The van der Waals surface area contributed by atoms with Crippen molar-refractivity contribution in [3.05, 3.63) is 105 Å². The lowest BCUT2D eigenvalue weighted by molar-refractivity contribution is -0.113. The molecule has 0 radical (unpaired) electrons. The van der Waals surface area contributed by atoms with Crippen LogP contribution >= 0.6 is 35.0 Å². The van der Waals surface area contributed by atoms with Crippen LogP contribution in [0, 0.1) is 6.92 Å². The highest BCUT2D eigenvalue weighted by molar-refractivity contribution is 8.19. The molecule has 168 valence electrons. The van der Waals surface area contributed by atoms with Crippen molar-refractivity contribution in [3.8, 4) is 11.3 Å². The summed E-state index contributed by atoms with van der Waals surface area (Å²) in [5, 5.41) is 1.60. The highest BCUT2D eigenvalue weighted by Gasteiger charge is 2.35. The molecule has 0 saturated carbocycles. The van der Waals surface area contributed by atoms with Crippen molar-refractivity contribution < 1.29 is 9.21 Å². The molecule has 1 saturated heterocycles. The first-order valence-electron chi connectivity index (χ1n) is 10.3. The maximum Gasteiger partial charge on any atom is 0.271 e. The van der Waals surface area contributed by atoms with Crippen LogP contribution in [0.25, 0.3) is 17.4 Å². The third-order valence-corrected chi connectivity index (χ3v) is 6.53. The molecule has 5 rings (SSSR count). The summed E-state index contributed by atoms with van der Waals surface area (Å²) in [6.07, 6.45) is 1.71. The summed E-state index contributed by atoms with van der Waals surface area (Å²) in [6, 6.07) is 23.8. The summed E-state index contributed by atoms with van der Waals surface area (Å²) in [4.78, 5) is 24.6. The predicted molar refractivity (Wildman–Crippen MR) is 140 cm³/mol. The van der Waals surface area contributed by atoms with E-state index in [2.05, 4.69) is 9.98 Å². The lowest BCUT2D eigenvalue weighted by Gasteiger charge is -2.15. The van der Waals surface area contributed by atoms with E-state index >= 15 is 0 Å². The van der Waals surface area contributed by atoms with Crippen molar-refractivity contribution in [1.29, 1.82) is 0 Å². The molecule has 0 unspecified atom stereocenters. The number of amidine groups is 1. The Hall–Kier alpha value is -3.32. The summed E-state index contributed by atoms with van der Waals surface area (Å²) in [5.74, 6) is 1.42. The molecule has 2 aromatic heterocycles. The second kappa shape index (κ2) is 9.50. The standard InChI is InChI=1S/C26H17Cl2N3O2S/c1-16-6-5-9-24(29-16)30-26-31(18-7-3-2-4-8-18)25(32)23(34-26)15-19-11-13-22(33-19)20-14-17(27)10-12-21(20)28/h2-15H,1H3/b23-15+,30-26+. The number of pyridine rings is 1. The minimum absolute atomic E-state index is 0.193. The van der Waals surface area contributed by atoms with Gasteiger partial charge in [0.25, 0.3) is 5.91 Å². The second-order valence-electron chi connectivity index (χ2n) is 7.44. The quantitative estimate of drug-likeness (QED) is 0.266. The molecule has 1 aliphatic heterocycles. The van der Waals surface area contributed by atoms with Crippen molar-refractivity contribution in [1.82, 2.24) is 4.98 Å². The van der Waals surface area contributed by atoms with E-state index in [1.807, 2.05) is 55.5 Å². The van der Waals surface area contributed by atoms with E-state index in [9.17, 15) is 4.79 Å². The monoisotopic (exact) mass is 505 g/mol. The van der Waals surface area contributed by atoms with Crippen molar-refractivity contribution in [2.24, 2.45) is 4.99 Å². The molecule has 5 nitrogen and oxygen atoms in total. The second-order valence-corrected chi connectivity index (χ2v) is 9.30. The van der Waals surface area contributed by atoms with Gasteiger partial charge in [0.2, 0.25) is 0 Å². The fraction of sp³-hybridized carbons (Fsp3) is 0.0385. The van der Waals surface area contributed by atoms with E-state index in [0.29, 0.717) is 43.0 Å². The van der Waals surface area contributed by atoms with E-state index in [4.69, 9.17) is 27.6 Å². The zero-order valence-electron chi connectivity index (χ0n) is 17.9. The van der Waals surface area contributed by atoms with Gasteiger partial charge in [-0.1, -0.05) is 47.5 Å². The summed E-state index contributed by atoms with van der Waals surface area (Å²) < 4.78 is 5.97. The lowest BCUT2D eigenvalue weighted by Crippen LogP contribution is -2.28. The molecule has 0 spiro atoms. The van der Waals surface area contributed by atoms with Crippen LogP contribution in [0.15, 0.2) is 93.2 Å². The Kier molecular flexibility index (Phi) is 6.28. The molecule has 0 bridgehead atoms. The fourth-order valence-electron chi connectivity index (χ4n) is 3.43. The summed E-state index contributed by atoms with van der Waals surface area (Å²) in [6.45, 7) is 1.90. The number of aryl methyl sites for hydroxylation is 1. The van der Waals surface area contributed by atoms with Gasteiger partial charge in [0, 0.05) is 22.4 Å². The van der Waals surface area contributed by atoms with Gasteiger partial charge in [-0.05, 0) is 73.3 Å². The summed E-state index contributed by atoms with van der Waals surface area (Å²) >= 11 is 13.7.